The van der Waals surface area contributed by atoms with Gasteiger partial charge >= 0.3 is 60.8 Å². The molecule has 0 atom stereocenters. The summed E-state index contributed by atoms with van der Waals surface area (Å²) < 4.78 is 0. The summed E-state index contributed by atoms with van der Waals surface area (Å²) in [5.74, 6) is -4.19. The van der Waals surface area contributed by atoms with E-state index in [1.807, 2.05) is 0 Å². The summed E-state index contributed by atoms with van der Waals surface area (Å²) in [6, 6.07) is 0. The van der Waals surface area contributed by atoms with Crippen LogP contribution in [-0.2, 0) is 9.59 Å². The maximum absolute atomic E-state index is 10.2. The third-order valence-corrected chi connectivity index (χ3v) is 1.20. The Balaban J connectivity index is -0.000000135. The van der Waals surface area contributed by atoms with E-state index in [0.717, 1.165) is 0 Å². The van der Waals surface area contributed by atoms with Gasteiger partial charge in [-0.05, 0) is 5.92 Å². The Morgan fingerprint density at radius 2 is 1.45 bits per heavy atom. The molecular formula is C6H12BaO4. The molecule has 0 radical (unpaired) electrons. The number of hydrogen-bond acceptors (Lipinski definition) is 2. The van der Waals surface area contributed by atoms with Crippen LogP contribution in [0.1, 0.15) is 16.7 Å². The minimum Gasteiger partial charge on any atom is -1.00 e. The Kier molecular flexibility index (Phi) is 7.76. The third-order valence-electron chi connectivity index (χ3n) is 1.20. The molecule has 0 aromatic heterocycles. The van der Waals surface area contributed by atoms with E-state index in [4.69, 9.17) is 10.2 Å². The second-order valence-electron chi connectivity index (χ2n) is 2.40. The molecule has 0 saturated heterocycles. The topological polar surface area (TPSA) is 74.6 Å². The van der Waals surface area contributed by atoms with E-state index >= 15 is 0 Å². The van der Waals surface area contributed by atoms with Gasteiger partial charge < -0.3 is 13.1 Å². The first-order valence-corrected chi connectivity index (χ1v) is 2.92. The Bertz CT molecular complexity index is 149. The number of carboxylic acids is 2. The summed E-state index contributed by atoms with van der Waals surface area (Å²) in [6.07, 6.45) is 0. The van der Waals surface area contributed by atoms with Crippen molar-refractivity contribution in [2.24, 2.45) is 11.8 Å². The quantitative estimate of drug-likeness (QED) is 0.577. The Hall–Kier alpha value is 0.511. The van der Waals surface area contributed by atoms with Gasteiger partial charge in [0.1, 0.15) is 0 Å². The summed E-state index contributed by atoms with van der Waals surface area (Å²) in [7, 11) is 0. The Morgan fingerprint density at radius 3 is 1.45 bits per heavy atom. The van der Waals surface area contributed by atoms with E-state index in [-0.39, 0.29) is 57.7 Å². The zero-order chi connectivity index (χ0) is 8.31. The largest absolute Gasteiger partial charge is 2.00 e. The minimum absolute atomic E-state index is 0. The molecule has 0 unspecified atom stereocenters. The fraction of sp³-hybridized carbons (Fsp3) is 0.667. The molecule has 0 bridgehead atoms. The molecule has 4 nitrogen and oxygen atoms in total. The second-order valence-corrected chi connectivity index (χ2v) is 2.40. The van der Waals surface area contributed by atoms with Crippen molar-refractivity contribution >= 4 is 60.8 Å². The molecule has 0 spiro atoms. The SMILES string of the molecule is CC(C)C(C(=O)O)C(=O)O.[Ba+2].[H-].[H-]. The second kappa shape index (κ2) is 6.07. The molecule has 0 aliphatic heterocycles. The number of aliphatic carboxylic acids is 2. The summed E-state index contributed by atoms with van der Waals surface area (Å²) in [5.41, 5.74) is 0. The normalized spacial score (nSPS) is 9.45. The summed E-state index contributed by atoms with van der Waals surface area (Å²) >= 11 is 0. The molecule has 0 amide bonds. The van der Waals surface area contributed by atoms with Crippen molar-refractivity contribution in [3.05, 3.63) is 0 Å². The van der Waals surface area contributed by atoms with Gasteiger partial charge in [0.15, 0.2) is 5.92 Å². The molecular weight excluding hydrogens is 273 g/mol. The maximum Gasteiger partial charge on any atom is 2.00 e. The molecule has 5 heteroatoms. The standard InChI is InChI=1S/C6H10O4.Ba.2H/c1-3(2)4(5(7)8)6(9)10;;;/h3-4H,1-2H3,(H,7,8)(H,9,10);;;/q;+2;2*-1. The first kappa shape index (κ1) is 14.1. The average Bonchev–Trinajstić information content (AvgIpc) is 1.59. The van der Waals surface area contributed by atoms with Gasteiger partial charge in [0.05, 0.1) is 0 Å². The Morgan fingerprint density at radius 1 is 1.18 bits per heavy atom. The van der Waals surface area contributed by atoms with Gasteiger partial charge in [-0.25, -0.2) is 0 Å². The van der Waals surface area contributed by atoms with Crippen molar-refractivity contribution in [1.82, 2.24) is 0 Å². The number of hydrogen-bond donors (Lipinski definition) is 2. The number of carboxylic acid groups (broad SMARTS) is 2. The average molecular weight is 285 g/mol. The summed E-state index contributed by atoms with van der Waals surface area (Å²) in [4.78, 5) is 20.4. The van der Waals surface area contributed by atoms with E-state index in [0.29, 0.717) is 0 Å². The molecule has 0 aromatic carbocycles. The van der Waals surface area contributed by atoms with Crippen LogP contribution in [0.25, 0.3) is 0 Å². The van der Waals surface area contributed by atoms with Crippen LogP contribution in [0.4, 0.5) is 0 Å². The van der Waals surface area contributed by atoms with E-state index < -0.39 is 17.9 Å². The van der Waals surface area contributed by atoms with Crippen molar-refractivity contribution in [1.29, 1.82) is 0 Å². The molecule has 0 rings (SSSR count). The molecule has 0 aliphatic rings. The van der Waals surface area contributed by atoms with Crippen LogP contribution < -0.4 is 0 Å². The van der Waals surface area contributed by atoms with Gasteiger partial charge in [0.25, 0.3) is 0 Å². The van der Waals surface area contributed by atoms with Crippen molar-refractivity contribution in [2.45, 2.75) is 13.8 Å². The van der Waals surface area contributed by atoms with E-state index in [2.05, 4.69) is 0 Å². The molecule has 0 saturated carbocycles. The van der Waals surface area contributed by atoms with E-state index in [1.165, 1.54) is 0 Å². The van der Waals surface area contributed by atoms with Crippen molar-refractivity contribution in [3.8, 4) is 0 Å². The van der Waals surface area contributed by atoms with Crippen molar-refractivity contribution < 1.29 is 22.7 Å². The number of carbonyl (C=O) groups is 2. The molecule has 0 aromatic rings. The third kappa shape index (κ3) is 4.86. The smallest absolute Gasteiger partial charge is 1.00 e. The van der Waals surface area contributed by atoms with Crippen molar-refractivity contribution in [3.63, 3.8) is 0 Å². The van der Waals surface area contributed by atoms with Crippen LogP contribution >= 0.6 is 0 Å². The summed E-state index contributed by atoms with van der Waals surface area (Å²) in [6.45, 7) is 3.12. The molecule has 0 heterocycles. The van der Waals surface area contributed by atoms with E-state index in [1.54, 1.807) is 13.8 Å². The predicted molar refractivity (Wildman–Crippen MR) is 41.6 cm³/mol. The molecule has 11 heavy (non-hydrogen) atoms. The molecule has 0 fully saturated rings. The minimum atomic E-state index is -1.28. The monoisotopic (exact) mass is 286 g/mol. The van der Waals surface area contributed by atoms with Gasteiger partial charge in [-0.1, -0.05) is 13.8 Å². The predicted octanol–water partition coefficient (Wildman–Crippen LogP) is 0.272. The van der Waals surface area contributed by atoms with E-state index in [9.17, 15) is 9.59 Å². The molecule has 2 N–H and O–H groups in total. The van der Waals surface area contributed by atoms with Crippen LogP contribution in [-0.4, -0.2) is 71.0 Å². The summed E-state index contributed by atoms with van der Waals surface area (Å²) in [5, 5.41) is 16.7. The van der Waals surface area contributed by atoms with Gasteiger partial charge in [-0.3, -0.25) is 9.59 Å². The molecule has 0 aliphatic carbocycles. The Labute approximate surface area is 108 Å². The van der Waals surface area contributed by atoms with Gasteiger partial charge in [-0.2, -0.15) is 0 Å². The fourth-order valence-corrected chi connectivity index (χ4v) is 0.676. The van der Waals surface area contributed by atoms with Gasteiger partial charge in [0, 0.05) is 0 Å². The van der Waals surface area contributed by atoms with Gasteiger partial charge in [-0.15, -0.1) is 0 Å². The van der Waals surface area contributed by atoms with Crippen LogP contribution in [0.15, 0.2) is 0 Å². The fourth-order valence-electron chi connectivity index (χ4n) is 0.676. The maximum atomic E-state index is 10.2. The molecule has 62 valence electrons. The van der Waals surface area contributed by atoms with Gasteiger partial charge in [0.2, 0.25) is 0 Å². The van der Waals surface area contributed by atoms with Crippen LogP contribution in [0.5, 0.6) is 0 Å². The van der Waals surface area contributed by atoms with Crippen LogP contribution in [0.2, 0.25) is 0 Å². The van der Waals surface area contributed by atoms with Crippen molar-refractivity contribution in [2.75, 3.05) is 0 Å². The first-order valence-electron chi connectivity index (χ1n) is 2.92. The van der Waals surface area contributed by atoms with Crippen LogP contribution in [0.3, 0.4) is 0 Å². The first-order chi connectivity index (χ1) is 4.46. The van der Waals surface area contributed by atoms with Crippen LogP contribution in [0, 0.1) is 11.8 Å². The zero-order valence-electron chi connectivity index (χ0n) is 8.57. The zero-order valence-corrected chi connectivity index (χ0v) is 11.0. The number of rotatable bonds is 3.